The Morgan fingerprint density at radius 3 is 2.61 bits per heavy atom. The summed E-state index contributed by atoms with van der Waals surface area (Å²) in [5.74, 6) is -1.13. The molecule has 2 aliphatic rings. The third-order valence-corrected chi connectivity index (χ3v) is 7.67. The lowest BCUT2D eigenvalue weighted by molar-refractivity contribution is -0.194. The zero-order valence-electron chi connectivity index (χ0n) is 17.0. The molecule has 0 N–H and O–H groups in total. The first-order chi connectivity index (χ1) is 15.0. The maximum absolute atomic E-state index is 13.9. The molecule has 0 saturated carbocycles. The fourth-order valence-corrected chi connectivity index (χ4v) is 6.20. The Hall–Kier alpha value is -2.94. The van der Waals surface area contributed by atoms with Gasteiger partial charge in [-0.15, -0.1) is 0 Å². The number of para-hydroxylation sites is 1. The number of methoxy groups -OCH3 is 1. The molecule has 3 heterocycles. The largest absolute Gasteiger partial charge is 0.469 e. The van der Waals surface area contributed by atoms with Crippen LogP contribution in [-0.2, 0) is 30.8 Å². The minimum Gasteiger partial charge on any atom is -0.469 e. The average Bonchev–Trinajstić information content (AvgIpc) is 2.99. The van der Waals surface area contributed by atoms with E-state index in [0.717, 1.165) is 10.9 Å². The number of fused-ring (bicyclic) bond motifs is 5. The highest BCUT2D eigenvalue weighted by Crippen LogP contribution is 2.44. The van der Waals surface area contributed by atoms with Gasteiger partial charge in [0.05, 0.1) is 41.8 Å². The third kappa shape index (κ3) is 3.10. The van der Waals surface area contributed by atoms with Gasteiger partial charge in [-0.3, -0.25) is 9.63 Å². The highest BCUT2D eigenvalue weighted by Gasteiger charge is 2.44. The van der Waals surface area contributed by atoms with Gasteiger partial charge in [-0.05, 0) is 30.2 Å². The van der Waals surface area contributed by atoms with Gasteiger partial charge in [0, 0.05) is 11.9 Å². The number of hydrogen-bond acceptors (Lipinski definition) is 6. The Morgan fingerprint density at radius 2 is 1.84 bits per heavy atom. The molecule has 2 aliphatic heterocycles. The molecule has 2 atom stereocenters. The van der Waals surface area contributed by atoms with E-state index in [4.69, 9.17) is 9.57 Å². The Morgan fingerprint density at radius 1 is 1.10 bits per heavy atom. The van der Waals surface area contributed by atoms with Crippen molar-refractivity contribution in [2.75, 3.05) is 20.3 Å². The molecule has 3 aromatic rings. The zero-order valence-corrected chi connectivity index (χ0v) is 17.8. The number of aromatic nitrogens is 1. The van der Waals surface area contributed by atoms with E-state index in [1.54, 1.807) is 53.6 Å². The van der Waals surface area contributed by atoms with Gasteiger partial charge in [-0.25, -0.2) is 12.4 Å². The number of benzene rings is 2. The van der Waals surface area contributed by atoms with E-state index in [1.165, 1.54) is 11.1 Å². The zero-order chi connectivity index (χ0) is 21.6. The molecule has 0 unspecified atom stereocenters. The summed E-state index contributed by atoms with van der Waals surface area (Å²) < 4.78 is 34.2. The van der Waals surface area contributed by atoms with Crippen molar-refractivity contribution in [2.24, 2.45) is 5.92 Å². The number of nitrogens with zero attached hydrogens (tertiary/aromatic N) is 2. The number of rotatable bonds is 3. The predicted molar refractivity (Wildman–Crippen MR) is 115 cm³/mol. The molecule has 0 saturated heterocycles. The van der Waals surface area contributed by atoms with Crippen LogP contribution in [-0.4, -0.2) is 43.7 Å². The molecule has 160 valence electrons. The van der Waals surface area contributed by atoms with Crippen LogP contribution >= 0.6 is 0 Å². The molecule has 2 aromatic carbocycles. The van der Waals surface area contributed by atoms with Gasteiger partial charge >= 0.3 is 5.97 Å². The predicted octanol–water partition coefficient (Wildman–Crippen LogP) is 3.07. The van der Waals surface area contributed by atoms with Crippen LogP contribution < -0.4 is 0 Å². The lowest BCUT2D eigenvalue weighted by atomic mass is 9.89. The van der Waals surface area contributed by atoms with Crippen molar-refractivity contribution in [1.29, 1.82) is 0 Å². The molecule has 8 heteroatoms. The second-order valence-electron chi connectivity index (χ2n) is 7.57. The molecule has 0 bridgehead atoms. The van der Waals surface area contributed by atoms with Crippen molar-refractivity contribution in [1.82, 2.24) is 9.04 Å². The van der Waals surface area contributed by atoms with E-state index in [-0.39, 0.29) is 4.90 Å². The quantitative estimate of drug-likeness (QED) is 0.462. The highest BCUT2D eigenvalue weighted by molar-refractivity contribution is 7.90. The summed E-state index contributed by atoms with van der Waals surface area (Å²) in [5, 5.41) is 2.59. The first kappa shape index (κ1) is 20.0. The smallest absolute Gasteiger partial charge is 0.314 e. The van der Waals surface area contributed by atoms with Crippen LogP contribution in [0.4, 0.5) is 0 Å². The Balaban J connectivity index is 1.84. The van der Waals surface area contributed by atoms with Gasteiger partial charge in [0.1, 0.15) is 0 Å². The molecule has 0 aliphatic carbocycles. The number of hydroxylamine groups is 2. The topological polar surface area (TPSA) is 77.8 Å². The lowest BCUT2D eigenvalue weighted by Crippen LogP contribution is -2.42. The second kappa shape index (κ2) is 7.64. The van der Waals surface area contributed by atoms with Crippen LogP contribution in [0.2, 0.25) is 0 Å². The van der Waals surface area contributed by atoms with Crippen molar-refractivity contribution < 1.29 is 22.8 Å². The fourth-order valence-electron chi connectivity index (χ4n) is 4.60. The third-order valence-electron chi connectivity index (χ3n) is 5.92. The lowest BCUT2D eigenvalue weighted by Gasteiger charge is -2.37. The molecular formula is C23H22N2O5S. The number of hydrogen-bond donors (Lipinski definition) is 0. The van der Waals surface area contributed by atoms with E-state index in [0.29, 0.717) is 30.8 Å². The van der Waals surface area contributed by atoms with Gasteiger partial charge in [0.25, 0.3) is 10.0 Å². The Kier molecular flexibility index (Phi) is 4.92. The summed E-state index contributed by atoms with van der Waals surface area (Å²) in [4.78, 5) is 18.8. The molecule has 0 fully saturated rings. The molecule has 7 nitrogen and oxygen atoms in total. The van der Waals surface area contributed by atoms with E-state index < -0.39 is 28.0 Å². The maximum Gasteiger partial charge on any atom is 0.314 e. The van der Waals surface area contributed by atoms with Crippen molar-refractivity contribution in [3.8, 4) is 0 Å². The van der Waals surface area contributed by atoms with E-state index in [9.17, 15) is 13.2 Å². The van der Waals surface area contributed by atoms with E-state index >= 15 is 0 Å². The van der Waals surface area contributed by atoms with Crippen LogP contribution in [0.25, 0.3) is 10.9 Å². The van der Waals surface area contributed by atoms with Crippen molar-refractivity contribution in [2.45, 2.75) is 17.4 Å². The van der Waals surface area contributed by atoms with E-state index in [1.807, 2.05) is 18.2 Å². The normalized spacial score (nSPS) is 21.3. The average molecular weight is 439 g/mol. The minimum absolute atomic E-state index is 0.190. The van der Waals surface area contributed by atoms with Crippen molar-refractivity contribution >= 4 is 26.9 Å². The van der Waals surface area contributed by atoms with Crippen molar-refractivity contribution in [3.05, 3.63) is 78.0 Å². The van der Waals surface area contributed by atoms with Gasteiger partial charge in [-0.1, -0.05) is 48.6 Å². The summed E-state index contributed by atoms with van der Waals surface area (Å²) in [5.41, 5.74) is 2.07. The van der Waals surface area contributed by atoms with Crippen LogP contribution in [0, 0.1) is 5.92 Å². The van der Waals surface area contributed by atoms with E-state index in [2.05, 4.69) is 0 Å². The van der Waals surface area contributed by atoms with Gasteiger partial charge < -0.3 is 4.74 Å². The van der Waals surface area contributed by atoms with Gasteiger partial charge in [0.2, 0.25) is 0 Å². The monoisotopic (exact) mass is 438 g/mol. The number of esters is 1. The molecule has 0 radical (unpaired) electrons. The second-order valence-corrected chi connectivity index (χ2v) is 9.36. The van der Waals surface area contributed by atoms with Crippen LogP contribution in [0.5, 0.6) is 0 Å². The Bertz CT molecular complexity index is 1280. The highest BCUT2D eigenvalue weighted by atomic mass is 32.2. The molecule has 0 amide bonds. The SMILES string of the molecule is COC(=O)[C@@H]1C=CCON2CCc3c(n(S(=O)(=O)c4ccccc4)c4ccccc34)[C@H]12. The Labute approximate surface area is 180 Å². The van der Waals surface area contributed by atoms with Crippen molar-refractivity contribution in [3.63, 3.8) is 0 Å². The van der Waals surface area contributed by atoms with Gasteiger partial charge in [0.15, 0.2) is 0 Å². The number of carbonyl (C=O) groups excluding carboxylic acids is 1. The molecule has 5 rings (SSSR count). The summed E-state index contributed by atoms with van der Waals surface area (Å²) in [6.07, 6.45) is 4.14. The first-order valence-electron chi connectivity index (χ1n) is 10.1. The maximum atomic E-state index is 13.9. The molecular weight excluding hydrogens is 416 g/mol. The van der Waals surface area contributed by atoms with Crippen LogP contribution in [0.3, 0.4) is 0 Å². The summed E-state index contributed by atoms with van der Waals surface area (Å²) >= 11 is 0. The number of ether oxygens (including phenoxy) is 1. The molecule has 1 aromatic heterocycles. The first-order valence-corrected chi connectivity index (χ1v) is 11.5. The van der Waals surface area contributed by atoms with Crippen LogP contribution in [0.1, 0.15) is 17.3 Å². The standard InChI is InChI=1S/C23H22N2O5S/c1-29-23(26)19-11-7-15-30-24-14-13-18-17-10-5-6-12-20(17)25(22(18)21(19)24)31(27,28)16-8-3-2-4-9-16/h2-12,19,21H,13-15H2,1H3/t19-,21+/m1/s1. The summed E-state index contributed by atoms with van der Waals surface area (Å²) in [7, 11) is -2.58. The minimum atomic E-state index is -3.92. The van der Waals surface area contributed by atoms with Gasteiger partial charge in [-0.2, -0.15) is 5.06 Å². The summed E-state index contributed by atoms with van der Waals surface area (Å²) in [6, 6.07) is 15.2. The number of carbonyl (C=O) groups is 1. The summed E-state index contributed by atoms with van der Waals surface area (Å²) in [6.45, 7) is 0.858. The molecule has 0 spiro atoms. The van der Waals surface area contributed by atoms with Crippen LogP contribution in [0.15, 0.2) is 71.6 Å². The fraction of sp³-hybridized carbons (Fsp3) is 0.261. The molecule has 31 heavy (non-hydrogen) atoms.